The van der Waals surface area contributed by atoms with Crippen LogP contribution < -0.4 is 10.6 Å². The minimum absolute atomic E-state index is 0.0114. The predicted molar refractivity (Wildman–Crippen MR) is 86.8 cm³/mol. The lowest BCUT2D eigenvalue weighted by Crippen LogP contribution is -2.12. The molecule has 2 aromatic rings. The Morgan fingerprint density at radius 2 is 1.92 bits per heavy atom. The lowest BCUT2D eigenvalue weighted by molar-refractivity contribution is -0.384. The molecule has 2 aromatic carbocycles. The molecule has 0 atom stereocenters. The molecule has 0 spiro atoms. The molecule has 0 aliphatic rings. The van der Waals surface area contributed by atoms with Gasteiger partial charge in [-0.2, -0.15) is 10.4 Å². The van der Waals surface area contributed by atoms with Crippen LogP contribution in [0.15, 0.2) is 52.5 Å². The molecule has 0 saturated carbocycles. The summed E-state index contributed by atoms with van der Waals surface area (Å²) in [5, 5.41) is 28.6. The van der Waals surface area contributed by atoms with Crippen molar-refractivity contribution in [2.75, 3.05) is 5.43 Å². The van der Waals surface area contributed by atoms with Crippen molar-refractivity contribution in [3.8, 4) is 6.07 Å². The number of anilines is 1. The lowest BCUT2D eigenvalue weighted by Gasteiger charge is -2.04. The summed E-state index contributed by atoms with van der Waals surface area (Å²) in [5.41, 5.74) is 3.18. The molecule has 0 fully saturated rings. The first kappa shape index (κ1) is 17.1. The molecule has 0 radical (unpaired) electrons. The highest BCUT2D eigenvalue weighted by Crippen LogP contribution is 2.27. The van der Waals surface area contributed by atoms with Crippen LogP contribution in [0, 0.1) is 21.4 Å². The van der Waals surface area contributed by atoms with Gasteiger partial charge in [-0.3, -0.25) is 15.5 Å². The van der Waals surface area contributed by atoms with E-state index in [-0.39, 0.29) is 10.6 Å². The number of primary sulfonamides is 1. The SMILES string of the molecule is N#Cc1ccc(C=NNc2ccc(S(N)(=O)=O)cc2[N+](=O)[O-])cc1. The number of benzene rings is 2. The van der Waals surface area contributed by atoms with E-state index < -0.39 is 20.6 Å². The maximum absolute atomic E-state index is 11.3. The standard InChI is InChI=1S/C14H11N5O4S/c15-8-10-1-3-11(4-2-10)9-17-18-13-6-5-12(24(16,22)23)7-14(13)19(20)21/h1-7,9,18H,(H2,16,22,23). The predicted octanol–water partition coefficient (Wildman–Crippen LogP) is 1.56. The van der Waals surface area contributed by atoms with Crippen LogP contribution in [0.1, 0.15) is 11.1 Å². The van der Waals surface area contributed by atoms with Gasteiger partial charge in [0, 0.05) is 6.07 Å². The number of rotatable bonds is 5. The van der Waals surface area contributed by atoms with Crippen molar-refractivity contribution >= 4 is 27.6 Å². The highest BCUT2D eigenvalue weighted by Gasteiger charge is 2.18. The number of nitrogens with one attached hydrogen (secondary N) is 1. The molecule has 0 aromatic heterocycles. The minimum atomic E-state index is -4.04. The average Bonchev–Trinajstić information content (AvgIpc) is 2.54. The van der Waals surface area contributed by atoms with Gasteiger partial charge in [0.05, 0.1) is 27.7 Å². The Morgan fingerprint density at radius 3 is 2.46 bits per heavy atom. The van der Waals surface area contributed by atoms with Crippen molar-refractivity contribution in [1.29, 1.82) is 5.26 Å². The van der Waals surface area contributed by atoms with Gasteiger partial charge in [-0.05, 0) is 29.8 Å². The summed E-state index contributed by atoms with van der Waals surface area (Å²) in [6.07, 6.45) is 1.40. The van der Waals surface area contributed by atoms with E-state index in [0.717, 1.165) is 12.1 Å². The van der Waals surface area contributed by atoms with E-state index in [4.69, 9.17) is 10.4 Å². The van der Waals surface area contributed by atoms with Gasteiger partial charge in [-0.25, -0.2) is 13.6 Å². The fourth-order valence-electron chi connectivity index (χ4n) is 1.75. The Hall–Kier alpha value is -3.29. The van der Waals surface area contributed by atoms with Crippen LogP contribution in [0.5, 0.6) is 0 Å². The number of nitro benzene ring substituents is 1. The molecule has 0 amide bonds. The number of nitrogens with zero attached hydrogens (tertiary/aromatic N) is 3. The van der Waals surface area contributed by atoms with Gasteiger partial charge in [0.25, 0.3) is 5.69 Å². The summed E-state index contributed by atoms with van der Waals surface area (Å²) in [7, 11) is -4.04. The fourth-order valence-corrected chi connectivity index (χ4v) is 2.29. The second-order valence-corrected chi connectivity index (χ2v) is 6.15. The number of hydrogen-bond acceptors (Lipinski definition) is 7. The van der Waals surface area contributed by atoms with Crippen molar-refractivity contribution in [2.45, 2.75) is 4.90 Å². The van der Waals surface area contributed by atoms with Gasteiger partial charge in [0.1, 0.15) is 5.69 Å². The first-order valence-electron chi connectivity index (χ1n) is 6.42. The monoisotopic (exact) mass is 345 g/mol. The lowest BCUT2D eigenvalue weighted by atomic mass is 10.2. The molecule has 0 bridgehead atoms. The summed E-state index contributed by atoms with van der Waals surface area (Å²) in [6.45, 7) is 0. The third-order valence-corrected chi connectivity index (χ3v) is 3.84. The normalized spacial score (nSPS) is 11.2. The second kappa shape index (κ2) is 6.86. The first-order chi connectivity index (χ1) is 11.3. The average molecular weight is 345 g/mol. The van der Waals surface area contributed by atoms with Crippen molar-refractivity contribution in [1.82, 2.24) is 0 Å². The molecule has 2 rings (SSSR count). The van der Waals surface area contributed by atoms with Gasteiger partial charge >= 0.3 is 0 Å². The van der Waals surface area contributed by atoms with E-state index >= 15 is 0 Å². The van der Waals surface area contributed by atoms with Gasteiger partial charge < -0.3 is 0 Å². The summed E-state index contributed by atoms with van der Waals surface area (Å²) in [5.74, 6) is 0. The number of hydrazone groups is 1. The van der Waals surface area contributed by atoms with Crippen LogP contribution in [-0.4, -0.2) is 19.6 Å². The van der Waals surface area contributed by atoms with Crippen molar-refractivity contribution < 1.29 is 13.3 Å². The molecule has 0 aliphatic carbocycles. The zero-order valence-electron chi connectivity index (χ0n) is 12.1. The summed E-state index contributed by atoms with van der Waals surface area (Å²) in [4.78, 5) is 9.95. The van der Waals surface area contributed by atoms with Crippen LogP contribution >= 0.6 is 0 Å². The zero-order chi connectivity index (χ0) is 17.7. The minimum Gasteiger partial charge on any atom is -0.272 e. The van der Waals surface area contributed by atoms with Gasteiger partial charge in [-0.1, -0.05) is 12.1 Å². The number of nitriles is 1. The maximum Gasteiger partial charge on any atom is 0.295 e. The Morgan fingerprint density at radius 1 is 1.25 bits per heavy atom. The molecule has 0 aliphatic heterocycles. The maximum atomic E-state index is 11.3. The molecule has 9 nitrogen and oxygen atoms in total. The number of nitro groups is 1. The zero-order valence-corrected chi connectivity index (χ0v) is 12.9. The van der Waals surface area contributed by atoms with E-state index in [9.17, 15) is 18.5 Å². The van der Waals surface area contributed by atoms with Crippen molar-refractivity contribution in [3.05, 3.63) is 63.7 Å². The van der Waals surface area contributed by atoms with Crippen LogP contribution in [0.2, 0.25) is 0 Å². The van der Waals surface area contributed by atoms with Gasteiger partial charge in [-0.15, -0.1) is 0 Å². The highest BCUT2D eigenvalue weighted by molar-refractivity contribution is 7.89. The van der Waals surface area contributed by atoms with Gasteiger partial charge in [0.15, 0.2) is 0 Å². The van der Waals surface area contributed by atoms with E-state index in [0.29, 0.717) is 11.1 Å². The second-order valence-electron chi connectivity index (χ2n) is 4.58. The molecule has 122 valence electrons. The van der Waals surface area contributed by atoms with Crippen molar-refractivity contribution in [3.63, 3.8) is 0 Å². The molecule has 10 heteroatoms. The van der Waals surface area contributed by atoms with E-state index in [1.165, 1.54) is 12.3 Å². The first-order valence-corrected chi connectivity index (χ1v) is 7.96. The summed E-state index contributed by atoms with van der Waals surface area (Å²) >= 11 is 0. The molecule has 0 heterocycles. The summed E-state index contributed by atoms with van der Waals surface area (Å²) in [6, 6.07) is 11.7. The Labute approximate surface area is 137 Å². The van der Waals surface area contributed by atoms with E-state index in [2.05, 4.69) is 10.5 Å². The Bertz CT molecular complexity index is 946. The number of nitrogens with two attached hydrogens (primary N) is 1. The van der Waals surface area contributed by atoms with E-state index in [1.54, 1.807) is 24.3 Å². The van der Waals surface area contributed by atoms with Crippen LogP contribution in [0.25, 0.3) is 0 Å². The molecular weight excluding hydrogens is 334 g/mol. The highest BCUT2D eigenvalue weighted by atomic mass is 32.2. The van der Waals surface area contributed by atoms with Crippen LogP contribution in [-0.2, 0) is 10.0 Å². The van der Waals surface area contributed by atoms with E-state index in [1.807, 2.05) is 6.07 Å². The summed E-state index contributed by atoms with van der Waals surface area (Å²) < 4.78 is 22.5. The topological polar surface area (TPSA) is 151 Å². The Kier molecular flexibility index (Phi) is 4.88. The van der Waals surface area contributed by atoms with Crippen molar-refractivity contribution in [2.24, 2.45) is 10.2 Å². The largest absolute Gasteiger partial charge is 0.295 e. The molecule has 0 saturated heterocycles. The third kappa shape index (κ3) is 4.13. The Balaban J connectivity index is 2.24. The molecule has 3 N–H and O–H groups in total. The van der Waals surface area contributed by atoms with Crippen LogP contribution in [0.3, 0.4) is 0 Å². The smallest absolute Gasteiger partial charge is 0.272 e. The molecule has 24 heavy (non-hydrogen) atoms. The molecular formula is C14H11N5O4S. The van der Waals surface area contributed by atoms with Gasteiger partial charge in [0.2, 0.25) is 10.0 Å². The fraction of sp³-hybridized carbons (Fsp3) is 0. The number of sulfonamides is 1. The quantitative estimate of drug-likeness (QED) is 0.476. The van der Waals surface area contributed by atoms with Crippen LogP contribution in [0.4, 0.5) is 11.4 Å². The third-order valence-electron chi connectivity index (χ3n) is 2.93. The number of hydrogen-bond donors (Lipinski definition) is 2. The molecule has 0 unspecified atom stereocenters.